The molecule has 9 heteroatoms. The number of alkyl halides is 3. The number of fused-ring (bicyclic) bond motifs is 1. The minimum absolute atomic E-state index is 0.141. The summed E-state index contributed by atoms with van der Waals surface area (Å²) in [7, 11) is 0. The zero-order valence-electron chi connectivity index (χ0n) is 18.5. The molecule has 0 aromatic heterocycles. The summed E-state index contributed by atoms with van der Waals surface area (Å²) in [6.07, 6.45) is -1.63. The van der Waals surface area contributed by atoms with Gasteiger partial charge >= 0.3 is 12.1 Å². The fourth-order valence-electron chi connectivity index (χ4n) is 5.11. The zero-order chi connectivity index (χ0) is 24.5. The summed E-state index contributed by atoms with van der Waals surface area (Å²) in [6.45, 7) is 1.98. The maximum atomic E-state index is 13.5. The average Bonchev–Trinajstić information content (AvgIpc) is 2.79. The molecule has 0 atom stereocenters. The molecule has 1 aliphatic carbocycles. The second kappa shape index (κ2) is 9.85. The van der Waals surface area contributed by atoms with Crippen molar-refractivity contribution in [1.29, 1.82) is 5.26 Å². The van der Waals surface area contributed by atoms with Crippen LogP contribution in [0.3, 0.4) is 0 Å². The first-order valence-electron chi connectivity index (χ1n) is 11.2. The van der Waals surface area contributed by atoms with E-state index in [0.29, 0.717) is 42.6 Å². The minimum Gasteiger partial charge on any atom is -0.481 e. The first-order chi connectivity index (χ1) is 16.2. The third kappa shape index (κ3) is 5.16. The van der Waals surface area contributed by atoms with Gasteiger partial charge in [-0.25, -0.2) is 0 Å². The second-order valence-corrected chi connectivity index (χ2v) is 9.50. The molecule has 2 aliphatic rings. The molecule has 0 saturated heterocycles. The van der Waals surface area contributed by atoms with Gasteiger partial charge in [0, 0.05) is 35.9 Å². The molecule has 0 spiro atoms. The molecule has 0 unspecified atom stereocenters. The van der Waals surface area contributed by atoms with Crippen LogP contribution in [0.1, 0.15) is 47.9 Å². The molecule has 1 N–H and O–H groups in total. The van der Waals surface area contributed by atoms with Crippen LogP contribution in [0, 0.1) is 23.2 Å². The van der Waals surface area contributed by atoms with Crippen LogP contribution in [0.5, 0.6) is 0 Å². The van der Waals surface area contributed by atoms with Crippen LogP contribution < -0.4 is 4.90 Å². The Bertz CT molecular complexity index is 1110. The van der Waals surface area contributed by atoms with E-state index in [-0.39, 0.29) is 18.0 Å². The largest absolute Gasteiger partial charge is 0.481 e. The van der Waals surface area contributed by atoms with Crippen LogP contribution in [0.4, 0.5) is 18.9 Å². The summed E-state index contributed by atoms with van der Waals surface area (Å²) in [5.41, 5.74) is 0.775. The van der Waals surface area contributed by atoms with Gasteiger partial charge in [-0.3, -0.25) is 9.69 Å². The smallest absolute Gasteiger partial charge is 0.417 e. The van der Waals surface area contributed by atoms with E-state index in [1.54, 1.807) is 18.2 Å². The maximum Gasteiger partial charge on any atom is 0.417 e. The van der Waals surface area contributed by atoms with Gasteiger partial charge in [0.25, 0.3) is 0 Å². The molecular weight excluding hydrogens is 467 g/mol. The number of aliphatic carboxylic acids is 1. The number of nitriles is 1. The Morgan fingerprint density at radius 1 is 1.15 bits per heavy atom. The van der Waals surface area contributed by atoms with Gasteiger partial charge in [0.05, 0.1) is 23.7 Å². The lowest BCUT2D eigenvalue weighted by atomic mass is 9.82. The molecular formula is C25H25ClF3N3O2. The molecule has 1 fully saturated rings. The number of carboxylic acids is 1. The van der Waals surface area contributed by atoms with Crippen molar-refractivity contribution in [3.63, 3.8) is 0 Å². The fourth-order valence-corrected chi connectivity index (χ4v) is 5.34. The van der Waals surface area contributed by atoms with Crippen LogP contribution >= 0.6 is 11.6 Å². The predicted octanol–water partition coefficient (Wildman–Crippen LogP) is 5.90. The summed E-state index contributed by atoms with van der Waals surface area (Å²) in [4.78, 5) is 15.4. The highest BCUT2D eigenvalue weighted by Gasteiger charge is 2.35. The minimum atomic E-state index is -4.61. The molecule has 5 nitrogen and oxygen atoms in total. The van der Waals surface area contributed by atoms with E-state index in [9.17, 15) is 28.3 Å². The van der Waals surface area contributed by atoms with Gasteiger partial charge in [0.2, 0.25) is 0 Å². The molecule has 34 heavy (non-hydrogen) atoms. The van der Waals surface area contributed by atoms with E-state index < -0.39 is 17.7 Å². The van der Waals surface area contributed by atoms with Crippen molar-refractivity contribution in [3.8, 4) is 6.07 Å². The predicted molar refractivity (Wildman–Crippen MR) is 122 cm³/mol. The van der Waals surface area contributed by atoms with Gasteiger partial charge in [0.15, 0.2) is 0 Å². The number of carbonyl (C=O) groups is 1. The first-order valence-corrected chi connectivity index (χ1v) is 11.6. The quantitative estimate of drug-likeness (QED) is 0.564. The number of benzene rings is 2. The van der Waals surface area contributed by atoms with Gasteiger partial charge in [-0.2, -0.15) is 18.4 Å². The van der Waals surface area contributed by atoms with E-state index >= 15 is 0 Å². The van der Waals surface area contributed by atoms with Gasteiger partial charge in [-0.15, -0.1) is 0 Å². The standard InChI is InChI=1S/C25H25ClF3N3O2/c26-22-5-2-6-23-20(22)14-31(12-16-7-9-17(10-8-16)24(33)34)15-32(23)13-18-3-1-4-21(19(18)11-30)25(27,28)29/h1-6,16-17H,7-10,12-15H2,(H,33,34). The third-order valence-corrected chi connectivity index (χ3v) is 7.18. The number of halogens is 4. The van der Waals surface area contributed by atoms with Crippen molar-refractivity contribution < 1.29 is 23.1 Å². The van der Waals surface area contributed by atoms with Crippen molar-refractivity contribution >= 4 is 23.3 Å². The number of rotatable bonds is 5. The highest BCUT2D eigenvalue weighted by molar-refractivity contribution is 6.31. The van der Waals surface area contributed by atoms with Crippen molar-refractivity contribution in [1.82, 2.24) is 4.90 Å². The lowest BCUT2D eigenvalue weighted by Crippen LogP contribution is -2.44. The Balaban J connectivity index is 1.58. The first kappa shape index (κ1) is 24.4. The van der Waals surface area contributed by atoms with Crippen LogP contribution in [0.15, 0.2) is 36.4 Å². The van der Waals surface area contributed by atoms with Crippen LogP contribution in [0.2, 0.25) is 5.02 Å². The van der Waals surface area contributed by atoms with Crippen molar-refractivity contribution in [3.05, 3.63) is 63.7 Å². The van der Waals surface area contributed by atoms with Gasteiger partial charge in [-0.1, -0.05) is 29.8 Å². The molecule has 4 rings (SSSR count). The van der Waals surface area contributed by atoms with E-state index in [0.717, 1.165) is 36.7 Å². The summed E-state index contributed by atoms with van der Waals surface area (Å²) in [6, 6.07) is 11.1. The number of nitrogens with zero attached hydrogens (tertiary/aromatic N) is 3. The van der Waals surface area contributed by atoms with E-state index in [1.165, 1.54) is 6.07 Å². The number of anilines is 1. The highest BCUT2D eigenvalue weighted by atomic mass is 35.5. The van der Waals surface area contributed by atoms with Crippen LogP contribution in [-0.4, -0.2) is 29.2 Å². The van der Waals surface area contributed by atoms with Crippen LogP contribution in [-0.2, 0) is 24.1 Å². The molecule has 1 aliphatic heterocycles. The monoisotopic (exact) mass is 491 g/mol. The summed E-state index contributed by atoms with van der Waals surface area (Å²) in [5, 5.41) is 19.4. The van der Waals surface area contributed by atoms with E-state index in [2.05, 4.69) is 4.90 Å². The third-order valence-electron chi connectivity index (χ3n) is 6.83. The Morgan fingerprint density at radius 2 is 1.85 bits per heavy atom. The highest BCUT2D eigenvalue weighted by Crippen LogP contribution is 2.38. The van der Waals surface area contributed by atoms with Gasteiger partial charge in [0.1, 0.15) is 6.07 Å². The summed E-state index contributed by atoms with van der Waals surface area (Å²) >= 11 is 6.50. The number of carboxylic acid groups (broad SMARTS) is 1. The molecule has 1 heterocycles. The molecule has 2 aromatic rings. The maximum absolute atomic E-state index is 13.5. The van der Waals surface area contributed by atoms with Gasteiger partial charge < -0.3 is 10.0 Å². The Kier molecular flexibility index (Phi) is 7.06. The number of hydrogen-bond acceptors (Lipinski definition) is 4. The Labute approximate surface area is 201 Å². The molecule has 180 valence electrons. The summed E-state index contributed by atoms with van der Waals surface area (Å²) in [5.74, 6) is -0.669. The average molecular weight is 492 g/mol. The SMILES string of the molecule is N#Cc1c(CN2CN(CC3CCC(C(=O)O)CC3)Cc3c(Cl)cccc32)cccc1C(F)(F)F. The van der Waals surface area contributed by atoms with Gasteiger partial charge in [-0.05, 0) is 55.4 Å². The van der Waals surface area contributed by atoms with Crippen molar-refractivity contribution in [2.75, 3.05) is 18.1 Å². The molecule has 2 aromatic carbocycles. The van der Waals surface area contributed by atoms with Crippen molar-refractivity contribution in [2.45, 2.75) is 44.9 Å². The lowest BCUT2D eigenvalue weighted by Gasteiger charge is -2.41. The molecule has 0 radical (unpaired) electrons. The van der Waals surface area contributed by atoms with E-state index in [4.69, 9.17) is 11.6 Å². The normalized spacial score (nSPS) is 21.1. The zero-order valence-corrected chi connectivity index (χ0v) is 19.2. The number of hydrogen-bond donors (Lipinski definition) is 1. The lowest BCUT2D eigenvalue weighted by molar-refractivity contribution is -0.143. The van der Waals surface area contributed by atoms with Crippen molar-refractivity contribution in [2.24, 2.45) is 11.8 Å². The Morgan fingerprint density at radius 3 is 2.50 bits per heavy atom. The Hall–Kier alpha value is -2.76. The summed E-state index contributed by atoms with van der Waals surface area (Å²) < 4.78 is 40.4. The topological polar surface area (TPSA) is 67.6 Å². The molecule has 0 bridgehead atoms. The van der Waals surface area contributed by atoms with Crippen LogP contribution in [0.25, 0.3) is 0 Å². The van der Waals surface area contributed by atoms with E-state index in [1.807, 2.05) is 17.0 Å². The fraction of sp³-hybridized carbons (Fsp3) is 0.440. The molecule has 0 amide bonds. The molecule has 1 saturated carbocycles. The second-order valence-electron chi connectivity index (χ2n) is 9.09.